The summed E-state index contributed by atoms with van der Waals surface area (Å²) >= 11 is 7.85. The molecule has 0 bridgehead atoms. The smallest absolute Gasteiger partial charge is 0.317 e. The van der Waals surface area contributed by atoms with Crippen molar-refractivity contribution in [3.63, 3.8) is 0 Å². The molecule has 0 saturated heterocycles. The summed E-state index contributed by atoms with van der Waals surface area (Å²) in [5.41, 5.74) is 1.91. The molecule has 0 aliphatic carbocycles. The number of nitrogens with one attached hydrogen (secondary N) is 1. The average Bonchev–Trinajstić information content (AvgIpc) is 2.91. The van der Waals surface area contributed by atoms with Gasteiger partial charge in [0, 0.05) is 11.4 Å². The minimum absolute atomic E-state index is 0.0950. The number of carbonyl (C=O) groups is 1. The molecule has 1 unspecified atom stereocenters. The lowest BCUT2D eigenvalue weighted by Gasteiger charge is -2.33. The number of thiophene rings is 1. The van der Waals surface area contributed by atoms with E-state index >= 15 is 0 Å². The number of benzene rings is 1. The molecule has 2 amide bonds. The first kappa shape index (κ1) is 13.5. The molecule has 5 heteroatoms. The molecule has 2 aromatic rings. The summed E-state index contributed by atoms with van der Waals surface area (Å²) in [6, 6.07) is 9.41. The molecule has 3 rings (SSSR count). The first-order chi connectivity index (χ1) is 9.66. The van der Waals surface area contributed by atoms with Gasteiger partial charge in [-0.3, -0.25) is 0 Å². The highest BCUT2D eigenvalue weighted by atomic mass is 35.5. The van der Waals surface area contributed by atoms with Crippen LogP contribution in [0.4, 0.5) is 10.5 Å². The summed E-state index contributed by atoms with van der Waals surface area (Å²) in [4.78, 5) is 15.7. The molecule has 1 aliphatic rings. The van der Waals surface area contributed by atoms with Crippen molar-refractivity contribution in [1.29, 1.82) is 0 Å². The first-order valence-corrected chi connectivity index (χ1v) is 7.81. The molecule has 0 spiro atoms. The highest BCUT2D eigenvalue weighted by Gasteiger charge is 2.28. The van der Waals surface area contributed by atoms with E-state index in [1.165, 1.54) is 10.4 Å². The monoisotopic (exact) mass is 306 g/mol. The van der Waals surface area contributed by atoms with Crippen LogP contribution in [0.1, 0.15) is 23.4 Å². The highest BCUT2D eigenvalue weighted by Crippen LogP contribution is 2.33. The van der Waals surface area contributed by atoms with Crippen molar-refractivity contribution in [3.05, 3.63) is 51.2 Å². The van der Waals surface area contributed by atoms with Crippen LogP contribution in [0.15, 0.2) is 35.7 Å². The second-order valence-corrected chi connectivity index (χ2v) is 6.24. The summed E-state index contributed by atoms with van der Waals surface area (Å²) in [5, 5.41) is 5.54. The van der Waals surface area contributed by atoms with Crippen molar-refractivity contribution in [1.82, 2.24) is 4.90 Å². The minimum Gasteiger partial charge on any atom is -0.317 e. The van der Waals surface area contributed by atoms with E-state index in [-0.39, 0.29) is 12.1 Å². The fraction of sp³-hybridized carbons (Fsp3) is 0.267. The molecule has 0 saturated carbocycles. The Kier molecular flexibility index (Phi) is 3.68. The zero-order valence-electron chi connectivity index (χ0n) is 11.1. The van der Waals surface area contributed by atoms with Gasteiger partial charge in [0.15, 0.2) is 0 Å². The van der Waals surface area contributed by atoms with Gasteiger partial charge in [-0.1, -0.05) is 23.7 Å². The van der Waals surface area contributed by atoms with Gasteiger partial charge in [0.2, 0.25) is 0 Å². The lowest BCUT2D eigenvalue weighted by Crippen LogP contribution is -2.41. The Morgan fingerprint density at radius 2 is 2.20 bits per heavy atom. The number of nitrogens with zero attached hydrogens (tertiary/aromatic N) is 1. The predicted molar refractivity (Wildman–Crippen MR) is 83.6 cm³/mol. The normalized spacial score (nSPS) is 17.7. The average molecular weight is 307 g/mol. The maximum atomic E-state index is 12.4. The molecule has 3 nitrogen and oxygen atoms in total. The molecule has 1 N–H and O–H groups in total. The number of rotatable bonds is 1. The number of anilines is 1. The van der Waals surface area contributed by atoms with Crippen LogP contribution < -0.4 is 5.32 Å². The van der Waals surface area contributed by atoms with Crippen LogP contribution in [0.2, 0.25) is 5.02 Å². The van der Waals surface area contributed by atoms with Crippen LogP contribution in [-0.2, 0) is 6.42 Å². The number of para-hydroxylation sites is 1. The molecule has 1 aromatic heterocycles. The van der Waals surface area contributed by atoms with Crippen LogP contribution in [0.5, 0.6) is 0 Å². The number of hydrogen-bond donors (Lipinski definition) is 1. The maximum absolute atomic E-state index is 12.4. The lowest BCUT2D eigenvalue weighted by atomic mass is 10.0. The summed E-state index contributed by atoms with van der Waals surface area (Å²) in [5.74, 6) is 0. The van der Waals surface area contributed by atoms with Crippen molar-refractivity contribution in [2.45, 2.75) is 19.4 Å². The largest absolute Gasteiger partial charge is 0.322 e. The lowest BCUT2D eigenvalue weighted by molar-refractivity contribution is 0.189. The van der Waals surface area contributed by atoms with E-state index in [9.17, 15) is 4.79 Å². The summed E-state index contributed by atoms with van der Waals surface area (Å²) in [6.07, 6.45) is 0.924. The Labute approximate surface area is 127 Å². The Morgan fingerprint density at radius 1 is 1.40 bits per heavy atom. The molecule has 0 fully saturated rings. The predicted octanol–water partition coefficient (Wildman–Crippen LogP) is 4.55. The third kappa shape index (κ3) is 2.41. The molecule has 0 radical (unpaired) electrons. The van der Waals surface area contributed by atoms with Crippen molar-refractivity contribution in [2.24, 2.45) is 0 Å². The van der Waals surface area contributed by atoms with E-state index < -0.39 is 0 Å². The first-order valence-electron chi connectivity index (χ1n) is 6.55. The fourth-order valence-corrected chi connectivity index (χ4v) is 3.68. The zero-order valence-corrected chi connectivity index (χ0v) is 12.7. The molecule has 2 heterocycles. The van der Waals surface area contributed by atoms with Gasteiger partial charge < -0.3 is 10.2 Å². The maximum Gasteiger partial charge on any atom is 0.322 e. The topological polar surface area (TPSA) is 32.3 Å². The number of urea groups is 1. The molecular formula is C15H15ClN2OS. The van der Waals surface area contributed by atoms with Gasteiger partial charge in [-0.15, -0.1) is 11.3 Å². The molecular weight excluding hydrogens is 292 g/mol. The highest BCUT2D eigenvalue weighted by molar-refractivity contribution is 7.10. The Morgan fingerprint density at radius 3 is 3.00 bits per heavy atom. The molecule has 104 valence electrons. The van der Waals surface area contributed by atoms with Gasteiger partial charge >= 0.3 is 6.03 Å². The molecule has 20 heavy (non-hydrogen) atoms. The van der Waals surface area contributed by atoms with Gasteiger partial charge in [0.1, 0.15) is 0 Å². The van der Waals surface area contributed by atoms with Crippen LogP contribution in [0.25, 0.3) is 0 Å². The van der Waals surface area contributed by atoms with Crippen LogP contribution in [0.3, 0.4) is 0 Å². The SMILES string of the molecule is CC1c2ccsc2CCN1C(=O)Nc1ccccc1Cl. The van der Waals surface area contributed by atoms with E-state index in [0.29, 0.717) is 10.7 Å². The molecule has 1 aromatic carbocycles. The third-order valence-corrected chi connectivity index (χ3v) is 4.98. The Hall–Kier alpha value is -1.52. The van der Waals surface area contributed by atoms with Gasteiger partial charge in [-0.2, -0.15) is 0 Å². The zero-order chi connectivity index (χ0) is 14.1. The number of fused-ring (bicyclic) bond motifs is 1. The minimum atomic E-state index is -0.0950. The van der Waals surface area contributed by atoms with E-state index in [2.05, 4.69) is 23.7 Å². The number of carbonyl (C=O) groups excluding carboxylic acids is 1. The fourth-order valence-electron chi connectivity index (χ4n) is 2.54. The van der Waals surface area contributed by atoms with Gasteiger partial charge in [0.05, 0.1) is 16.8 Å². The molecule has 1 aliphatic heterocycles. The summed E-state index contributed by atoms with van der Waals surface area (Å²) in [7, 11) is 0. The van der Waals surface area contributed by atoms with Gasteiger partial charge in [-0.05, 0) is 42.5 Å². The molecule has 1 atom stereocenters. The van der Waals surface area contributed by atoms with Crippen LogP contribution in [-0.4, -0.2) is 17.5 Å². The van der Waals surface area contributed by atoms with Crippen LogP contribution in [0, 0.1) is 0 Å². The summed E-state index contributed by atoms with van der Waals surface area (Å²) < 4.78 is 0. The quantitative estimate of drug-likeness (QED) is 0.823. The van der Waals surface area contributed by atoms with Gasteiger partial charge in [-0.25, -0.2) is 4.79 Å². The standard InChI is InChI=1S/C15H15ClN2OS/c1-10-11-7-9-20-14(11)6-8-18(10)15(19)17-13-5-3-2-4-12(13)16/h2-5,7,9-10H,6,8H2,1H3,(H,17,19). The number of hydrogen-bond acceptors (Lipinski definition) is 2. The second kappa shape index (κ2) is 5.46. The van der Waals surface area contributed by atoms with E-state index in [0.717, 1.165) is 13.0 Å². The van der Waals surface area contributed by atoms with Crippen molar-refractivity contribution in [2.75, 3.05) is 11.9 Å². The number of halogens is 1. The van der Waals surface area contributed by atoms with Crippen molar-refractivity contribution in [3.8, 4) is 0 Å². The Balaban J connectivity index is 1.77. The Bertz CT molecular complexity index is 640. The third-order valence-electron chi connectivity index (χ3n) is 3.65. The van der Waals surface area contributed by atoms with E-state index in [4.69, 9.17) is 11.6 Å². The van der Waals surface area contributed by atoms with Crippen molar-refractivity contribution < 1.29 is 4.79 Å². The summed E-state index contributed by atoms with van der Waals surface area (Å²) in [6.45, 7) is 2.81. The number of amides is 2. The van der Waals surface area contributed by atoms with E-state index in [1.54, 1.807) is 17.4 Å². The second-order valence-electron chi connectivity index (χ2n) is 4.83. The van der Waals surface area contributed by atoms with E-state index in [1.807, 2.05) is 23.1 Å². The van der Waals surface area contributed by atoms with Crippen molar-refractivity contribution >= 4 is 34.7 Å². The van der Waals surface area contributed by atoms with Gasteiger partial charge in [0.25, 0.3) is 0 Å². The van der Waals surface area contributed by atoms with Crippen LogP contribution >= 0.6 is 22.9 Å².